The highest BCUT2D eigenvalue weighted by molar-refractivity contribution is 7.12. The molecule has 6 nitrogen and oxygen atoms in total. The van der Waals surface area contributed by atoms with Crippen molar-refractivity contribution in [1.29, 1.82) is 0 Å². The van der Waals surface area contributed by atoms with Crippen molar-refractivity contribution in [2.24, 2.45) is 5.92 Å². The van der Waals surface area contributed by atoms with Crippen LogP contribution < -0.4 is 10.6 Å². The fourth-order valence-electron chi connectivity index (χ4n) is 3.19. The van der Waals surface area contributed by atoms with Gasteiger partial charge in [-0.1, -0.05) is 36.4 Å². The standard InChI is InChI=1S/C20H23N3O3S/c1-14(15-6-3-2-4-7-15)23-13-16(12-18(23)24)19(25)21-9-10-22-20(26)17-8-5-11-27-17/h2-8,11,14,16H,9-10,12-13H2,1H3,(H,21,25)(H,22,26). The summed E-state index contributed by atoms with van der Waals surface area (Å²) in [5.74, 6) is -0.635. The molecule has 1 aromatic heterocycles. The van der Waals surface area contributed by atoms with E-state index >= 15 is 0 Å². The van der Waals surface area contributed by atoms with Gasteiger partial charge < -0.3 is 15.5 Å². The van der Waals surface area contributed by atoms with Crippen molar-refractivity contribution < 1.29 is 14.4 Å². The predicted molar refractivity (Wildman–Crippen MR) is 104 cm³/mol. The van der Waals surface area contributed by atoms with E-state index in [0.717, 1.165) is 5.56 Å². The maximum Gasteiger partial charge on any atom is 0.261 e. The zero-order valence-corrected chi connectivity index (χ0v) is 16.0. The van der Waals surface area contributed by atoms with E-state index in [1.807, 2.05) is 48.7 Å². The first-order chi connectivity index (χ1) is 13.1. The lowest BCUT2D eigenvalue weighted by Crippen LogP contribution is -2.38. The van der Waals surface area contributed by atoms with Crippen molar-refractivity contribution in [2.75, 3.05) is 19.6 Å². The van der Waals surface area contributed by atoms with Crippen LogP contribution in [0.3, 0.4) is 0 Å². The van der Waals surface area contributed by atoms with Gasteiger partial charge in [0, 0.05) is 26.1 Å². The van der Waals surface area contributed by atoms with Crippen LogP contribution >= 0.6 is 11.3 Å². The van der Waals surface area contributed by atoms with Crippen LogP contribution in [-0.2, 0) is 9.59 Å². The monoisotopic (exact) mass is 385 g/mol. The van der Waals surface area contributed by atoms with Gasteiger partial charge in [-0.05, 0) is 23.9 Å². The van der Waals surface area contributed by atoms with Crippen LogP contribution in [0.5, 0.6) is 0 Å². The van der Waals surface area contributed by atoms with Crippen molar-refractivity contribution >= 4 is 29.1 Å². The van der Waals surface area contributed by atoms with Crippen molar-refractivity contribution in [3.63, 3.8) is 0 Å². The Balaban J connectivity index is 1.44. The third-order valence-electron chi connectivity index (χ3n) is 4.73. The normalized spacial score (nSPS) is 17.6. The summed E-state index contributed by atoms with van der Waals surface area (Å²) in [6, 6.07) is 13.3. The van der Waals surface area contributed by atoms with Crippen LogP contribution in [-0.4, -0.2) is 42.3 Å². The molecule has 1 aromatic carbocycles. The van der Waals surface area contributed by atoms with Gasteiger partial charge in [-0.3, -0.25) is 14.4 Å². The highest BCUT2D eigenvalue weighted by atomic mass is 32.1. The van der Waals surface area contributed by atoms with Crippen molar-refractivity contribution in [1.82, 2.24) is 15.5 Å². The first kappa shape index (κ1) is 19.1. The molecule has 2 N–H and O–H groups in total. The molecule has 142 valence electrons. The van der Waals surface area contributed by atoms with Gasteiger partial charge in [0.2, 0.25) is 11.8 Å². The summed E-state index contributed by atoms with van der Waals surface area (Å²) >= 11 is 1.37. The summed E-state index contributed by atoms with van der Waals surface area (Å²) < 4.78 is 0. The molecule has 0 bridgehead atoms. The van der Waals surface area contributed by atoms with E-state index in [2.05, 4.69) is 10.6 Å². The lowest BCUT2D eigenvalue weighted by Gasteiger charge is -2.25. The van der Waals surface area contributed by atoms with Crippen molar-refractivity contribution in [2.45, 2.75) is 19.4 Å². The molecular weight excluding hydrogens is 362 g/mol. The summed E-state index contributed by atoms with van der Waals surface area (Å²) in [5.41, 5.74) is 1.06. The van der Waals surface area contributed by atoms with Crippen molar-refractivity contribution in [3.05, 3.63) is 58.3 Å². The zero-order chi connectivity index (χ0) is 19.2. The second kappa shape index (κ2) is 8.81. The minimum Gasteiger partial charge on any atom is -0.354 e. The van der Waals surface area contributed by atoms with Gasteiger partial charge in [-0.2, -0.15) is 0 Å². The lowest BCUT2D eigenvalue weighted by atomic mass is 10.1. The number of benzene rings is 1. The fourth-order valence-corrected chi connectivity index (χ4v) is 3.83. The average molecular weight is 385 g/mol. The molecule has 2 heterocycles. The van der Waals surface area contributed by atoms with Crippen molar-refractivity contribution in [3.8, 4) is 0 Å². The average Bonchev–Trinajstić information content (AvgIpc) is 3.35. The Kier molecular flexibility index (Phi) is 6.24. The number of rotatable bonds is 7. The smallest absolute Gasteiger partial charge is 0.261 e. The van der Waals surface area contributed by atoms with E-state index < -0.39 is 0 Å². The Morgan fingerprint density at radius 1 is 1.15 bits per heavy atom. The van der Waals surface area contributed by atoms with Gasteiger partial charge in [-0.25, -0.2) is 0 Å². The van der Waals surface area contributed by atoms with E-state index in [4.69, 9.17) is 0 Å². The van der Waals surface area contributed by atoms with Gasteiger partial charge in [0.05, 0.1) is 16.8 Å². The Hall–Kier alpha value is -2.67. The second-order valence-corrected chi connectivity index (χ2v) is 7.51. The third-order valence-corrected chi connectivity index (χ3v) is 5.60. The Morgan fingerprint density at radius 2 is 1.89 bits per heavy atom. The van der Waals surface area contributed by atoms with Crippen LogP contribution in [0.4, 0.5) is 0 Å². The molecule has 1 aliphatic rings. The SMILES string of the molecule is CC(c1ccccc1)N1CC(C(=O)NCCNC(=O)c2cccs2)CC1=O. The van der Waals surface area contributed by atoms with E-state index in [1.165, 1.54) is 11.3 Å². The first-order valence-corrected chi connectivity index (χ1v) is 9.88. The number of hydrogen-bond acceptors (Lipinski definition) is 4. The molecule has 27 heavy (non-hydrogen) atoms. The molecule has 7 heteroatoms. The highest BCUT2D eigenvalue weighted by Gasteiger charge is 2.36. The Bertz CT molecular complexity index is 792. The summed E-state index contributed by atoms with van der Waals surface area (Å²) in [7, 11) is 0. The molecule has 0 spiro atoms. The molecular formula is C20H23N3O3S. The molecule has 0 saturated carbocycles. The maximum atomic E-state index is 12.4. The summed E-state index contributed by atoms with van der Waals surface area (Å²) in [6.45, 7) is 3.10. The summed E-state index contributed by atoms with van der Waals surface area (Å²) in [6.07, 6.45) is 0.227. The van der Waals surface area contributed by atoms with Gasteiger partial charge in [0.25, 0.3) is 5.91 Å². The van der Waals surface area contributed by atoms with E-state index in [9.17, 15) is 14.4 Å². The molecule has 3 rings (SSSR count). The summed E-state index contributed by atoms with van der Waals surface area (Å²) in [4.78, 5) is 39.0. The number of thiophene rings is 1. The Labute approximate surface area is 162 Å². The minimum atomic E-state index is -0.350. The van der Waals surface area contributed by atoms with Gasteiger partial charge in [0.1, 0.15) is 0 Å². The fraction of sp³-hybridized carbons (Fsp3) is 0.350. The number of nitrogens with zero attached hydrogens (tertiary/aromatic N) is 1. The Morgan fingerprint density at radius 3 is 2.59 bits per heavy atom. The van der Waals surface area contributed by atoms with Crippen LogP contribution in [0.15, 0.2) is 47.8 Å². The largest absolute Gasteiger partial charge is 0.354 e. The number of amides is 3. The number of carbonyl (C=O) groups is 3. The number of carbonyl (C=O) groups excluding carboxylic acids is 3. The molecule has 2 unspecified atom stereocenters. The van der Waals surface area contributed by atoms with Gasteiger partial charge in [0.15, 0.2) is 0 Å². The first-order valence-electron chi connectivity index (χ1n) is 9.00. The quantitative estimate of drug-likeness (QED) is 0.717. The van der Waals surface area contributed by atoms with Crippen LogP contribution in [0.25, 0.3) is 0 Å². The topological polar surface area (TPSA) is 78.5 Å². The van der Waals surface area contributed by atoms with Gasteiger partial charge in [-0.15, -0.1) is 11.3 Å². The summed E-state index contributed by atoms with van der Waals surface area (Å²) in [5, 5.41) is 7.43. The van der Waals surface area contributed by atoms with E-state index in [-0.39, 0.29) is 36.1 Å². The second-order valence-electron chi connectivity index (χ2n) is 6.56. The molecule has 2 aromatic rings. The van der Waals surface area contributed by atoms with E-state index in [1.54, 1.807) is 11.0 Å². The van der Waals surface area contributed by atoms with Crippen LogP contribution in [0.2, 0.25) is 0 Å². The zero-order valence-electron chi connectivity index (χ0n) is 15.2. The van der Waals surface area contributed by atoms with Crippen LogP contribution in [0.1, 0.15) is 34.6 Å². The molecule has 1 saturated heterocycles. The maximum absolute atomic E-state index is 12.4. The van der Waals surface area contributed by atoms with E-state index in [0.29, 0.717) is 24.5 Å². The molecule has 0 aliphatic carbocycles. The predicted octanol–water partition coefficient (Wildman–Crippen LogP) is 2.20. The lowest BCUT2D eigenvalue weighted by molar-refractivity contribution is -0.130. The highest BCUT2D eigenvalue weighted by Crippen LogP contribution is 2.28. The minimum absolute atomic E-state index is 0.00231. The number of nitrogens with one attached hydrogen (secondary N) is 2. The molecule has 2 atom stereocenters. The third kappa shape index (κ3) is 4.74. The molecule has 1 aliphatic heterocycles. The van der Waals surface area contributed by atoms with Gasteiger partial charge >= 0.3 is 0 Å². The molecule has 0 radical (unpaired) electrons. The molecule has 1 fully saturated rings. The number of likely N-dealkylation sites (tertiary alicyclic amines) is 1. The van der Waals surface area contributed by atoms with Crippen LogP contribution in [0, 0.1) is 5.92 Å². The number of hydrogen-bond donors (Lipinski definition) is 2. The molecule has 3 amide bonds.